The highest BCUT2D eigenvalue weighted by molar-refractivity contribution is 7.80. The van der Waals surface area contributed by atoms with Crippen molar-refractivity contribution in [3.05, 3.63) is 16.5 Å². The van der Waals surface area contributed by atoms with Crippen LogP contribution in [0.2, 0.25) is 0 Å². The molecular weight excluding hydrogens is 222 g/mol. The molecule has 1 aromatic heterocycles. The molecule has 0 saturated carbocycles. The Kier molecular flexibility index (Phi) is 3.43. The second kappa shape index (κ2) is 4.39. The second-order valence-corrected chi connectivity index (χ2v) is 3.83. The van der Waals surface area contributed by atoms with E-state index in [4.69, 9.17) is 22.7 Å². The monoisotopic (exact) mass is 231 g/mol. The molecule has 0 unspecified atom stereocenters. The summed E-state index contributed by atoms with van der Waals surface area (Å²) in [5.41, 5.74) is 6.01. The van der Waals surface area contributed by atoms with Crippen LogP contribution < -0.4 is 10.5 Å². The zero-order chi connectivity index (χ0) is 10.7. The Morgan fingerprint density at radius 1 is 1.57 bits per heavy atom. The van der Waals surface area contributed by atoms with E-state index in [-0.39, 0.29) is 4.99 Å². The van der Waals surface area contributed by atoms with Gasteiger partial charge in [-0.3, -0.25) is 0 Å². The molecule has 1 heterocycles. The molecule has 0 aliphatic carbocycles. The summed E-state index contributed by atoms with van der Waals surface area (Å²) in [4.78, 5) is 11.8. The maximum atomic E-state index is 11.2. The highest BCUT2D eigenvalue weighted by Crippen LogP contribution is 2.30. The maximum Gasteiger partial charge on any atom is 0.348 e. The molecule has 0 fully saturated rings. The van der Waals surface area contributed by atoms with Gasteiger partial charge in [-0.2, -0.15) is 0 Å². The van der Waals surface area contributed by atoms with Crippen molar-refractivity contribution < 1.29 is 14.3 Å². The Morgan fingerprint density at radius 2 is 2.21 bits per heavy atom. The molecule has 0 spiro atoms. The van der Waals surface area contributed by atoms with Crippen molar-refractivity contribution >= 4 is 34.5 Å². The van der Waals surface area contributed by atoms with Gasteiger partial charge in [-0.1, -0.05) is 23.6 Å². The fourth-order valence-electron chi connectivity index (χ4n) is 0.899. The minimum atomic E-state index is -0.421. The van der Waals surface area contributed by atoms with E-state index in [9.17, 15) is 4.79 Å². The number of thiocarbonyl (C=S) groups is 1. The average Bonchev–Trinajstić information content (AvgIpc) is 2.60. The van der Waals surface area contributed by atoms with Crippen molar-refractivity contribution in [2.45, 2.75) is 0 Å². The van der Waals surface area contributed by atoms with Crippen LogP contribution in [0.15, 0.2) is 6.07 Å². The summed E-state index contributed by atoms with van der Waals surface area (Å²) >= 11 is 5.96. The minimum absolute atomic E-state index is 0.202. The van der Waals surface area contributed by atoms with Gasteiger partial charge < -0.3 is 15.2 Å². The Hall–Kier alpha value is -1.14. The van der Waals surface area contributed by atoms with Gasteiger partial charge in [-0.15, -0.1) is 0 Å². The Morgan fingerprint density at radius 3 is 2.57 bits per heavy atom. The Balaban J connectivity index is 3.13. The largest absolute Gasteiger partial charge is 0.487 e. The van der Waals surface area contributed by atoms with E-state index >= 15 is 0 Å². The van der Waals surface area contributed by atoms with Crippen molar-refractivity contribution in [1.82, 2.24) is 0 Å². The third kappa shape index (κ3) is 2.02. The molecule has 14 heavy (non-hydrogen) atoms. The summed E-state index contributed by atoms with van der Waals surface area (Å²) < 4.78 is 9.59. The van der Waals surface area contributed by atoms with Crippen LogP contribution in [0, 0.1) is 0 Å². The van der Waals surface area contributed by atoms with E-state index in [0.717, 1.165) is 11.3 Å². The quantitative estimate of drug-likeness (QED) is 0.625. The van der Waals surface area contributed by atoms with E-state index in [1.54, 1.807) is 6.07 Å². The molecule has 0 saturated heterocycles. The second-order valence-electron chi connectivity index (χ2n) is 2.37. The molecule has 0 amide bonds. The first-order chi connectivity index (χ1) is 6.60. The maximum absolute atomic E-state index is 11.2. The molecule has 4 nitrogen and oxygen atoms in total. The minimum Gasteiger partial charge on any atom is -0.487 e. The van der Waals surface area contributed by atoms with Gasteiger partial charge in [0.2, 0.25) is 0 Å². The molecule has 0 radical (unpaired) electrons. The van der Waals surface area contributed by atoms with E-state index in [1.807, 2.05) is 0 Å². The molecule has 0 aliphatic heterocycles. The number of hydrogen-bond donors (Lipinski definition) is 1. The number of esters is 1. The summed E-state index contributed by atoms with van der Waals surface area (Å²) in [7, 11) is 2.81. The fraction of sp³-hybridized carbons (Fsp3) is 0.250. The first-order valence-electron chi connectivity index (χ1n) is 3.66. The predicted octanol–water partition coefficient (Wildman–Crippen LogP) is 1.18. The highest BCUT2D eigenvalue weighted by atomic mass is 32.1. The summed E-state index contributed by atoms with van der Waals surface area (Å²) in [5.74, 6) is -0.421. The van der Waals surface area contributed by atoms with Crippen LogP contribution in [0.4, 0.5) is 0 Å². The lowest BCUT2D eigenvalue weighted by Crippen LogP contribution is -2.09. The fourth-order valence-corrected chi connectivity index (χ4v) is 2.02. The summed E-state index contributed by atoms with van der Waals surface area (Å²) in [5, 5.41) is 0.526. The smallest absolute Gasteiger partial charge is 0.348 e. The van der Waals surface area contributed by atoms with Crippen molar-refractivity contribution in [3.8, 4) is 5.06 Å². The molecule has 1 rings (SSSR count). The molecule has 0 aromatic carbocycles. The molecule has 2 N–H and O–H groups in total. The number of carbonyl (C=O) groups is 1. The van der Waals surface area contributed by atoms with Crippen molar-refractivity contribution in [1.29, 1.82) is 0 Å². The van der Waals surface area contributed by atoms with Gasteiger partial charge in [0.25, 0.3) is 0 Å². The van der Waals surface area contributed by atoms with Crippen molar-refractivity contribution in [2.24, 2.45) is 5.73 Å². The number of nitrogens with two attached hydrogens (primary N) is 1. The number of methoxy groups -OCH3 is 2. The molecule has 0 atom stereocenters. The molecule has 0 bridgehead atoms. The van der Waals surface area contributed by atoms with Crippen LogP contribution in [-0.2, 0) is 4.74 Å². The van der Waals surface area contributed by atoms with Crippen LogP contribution in [0.3, 0.4) is 0 Å². The number of ether oxygens (including phenoxy) is 2. The zero-order valence-corrected chi connectivity index (χ0v) is 9.33. The normalized spacial score (nSPS) is 9.57. The topological polar surface area (TPSA) is 61.5 Å². The molecule has 76 valence electrons. The van der Waals surface area contributed by atoms with Crippen molar-refractivity contribution in [3.63, 3.8) is 0 Å². The number of carbonyl (C=O) groups excluding carboxylic acids is 1. The standard InChI is InChI=1S/C8H9NO3S2/c1-11-7(10)5-3-4(6(9)13)8(12-2)14-5/h3H,1-2H3,(H2,9,13). The van der Waals surface area contributed by atoms with Crippen LogP contribution in [0.5, 0.6) is 5.06 Å². The SMILES string of the molecule is COC(=O)c1cc(C(N)=S)c(OC)s1. The van der Waals surface area contributed by atoms with Gasteiger partial charge in [-0.25, -0.2) is 4.79 Å². The zero-order valence-electron chi connectivity index (χ0n) is 7.70. The summed E-state index contributed by atoms with van der Waals surface area (Å²) in [6, 6.07) is 1.57. The van der Waals surface area contributed by atoms with E-state index in [1.165, 1.54) is 14.2 Å². The van der Waals surface area contributed by atoms with Crippen LogP contribution >= 0.6 is 23.6 Å². The van der Waals surface area contributed by atoms with Crippen LogP contribution in [-0.4, -0.2) is 25.2 Å². The Labute approximate surface area is 90.6 Å². The highest BCUT2D eigenvalue weighted by Gasteiger charge is 2.16. The lowest BCUT2D eigenvalue weighted by atomic mass is 10.3. The average molecular weight is 231 g/mol. The van der Waals surface area contributed by atoms with Gasteiger partial charge in [0, 0.05) is 0 Å². The van der Waals surface area contributed by atoms with Crippen LogP contribution in [0.25, 0.3) is 0 Å². The van der Waals surface area contributed by atoms with Crippen LogP contribution in [0.1, 0.15) is 15.2 Å². The molecular formula is C8H9NO3S2. The van der Waals surface area contributed by atoms with E-state index < -0.39 is 5.97 Å². The van der Waals surface area contributed by atoms with Gasteiger partial charge in [0.15, 0.2) is 5.06 Å². The first-order valence-corrected chi connectivity index (χ1v) is 4.88. The van der Waals surface area contributed by atoms with Crippen molar-refractivity contribution in [2.75, 3.05) is 14.2 Å². The Bertz CT molecular complexity index is 373. The van der Waals surface area contributed by atoms with E-state index in [2.05, 4.69) is 4.74 Å². The number of rotatable bonds is 3. The van der Waals surface area contributed by atoms with Gasteiger partial charge in [0.05, 0.1) is 19.8 Å². The first kappa shape index (κ1) is 10.9. The van der Waals surface area contributed by atoms with Gasteiger partial charge in [0.1, 0.15) is 9.87 Å². The summed E-state index contributed by atoms with van der Waals surface area (Å²) in [6.07, 6.45) is 0. The summed E-state index contributed by atoms with van der Waals surface area (Å²) in [6.45, 7) is 0. The lowest BCUT2D eigenvalue weighted by Gasteiger charge is -1.97. The van der Waals surface area contributed by atoms with Gasteiger partial charge in [-0.05, 0) is 6.07 Å². The van der Waals surface area contributed by atoms with Gasteiger partial charge >= 0.3 is 5.97 Å². The third-order valence-electron chi connectivity index (χ3n) is 1.54. The molecule has 6 heteroatoms. The molecule has 0 aliphatic rings. The number of hydrogen-bond acceptors (Lipinski definition) is 5. The molecule has 1 aromatic rings. The van der Waals surface area contributed by atoms with E-state index in [0.29, 0.717) is 15.5 Å². The third-order valence-corrected chi connectivity index (χ3v) is 2.83. The number of thiophene rings is 1. The lowest BCUT2D eigenvalue weighted by molar-refractivity contribution is 0.0606. The predicted molar refractivity (Wildman–Crippen MR) is 58.1 cm³/mol.